The number of phenols is 1. The van der Waals surface area contributed by atoms with Gasteiger partial charge in [0.15, 0.2) is 0 Å². The molecule has 0 amide bonds. The third-order valence-electron chi connectivity index (χ3n) is 5.13. The van der Waals surface area contributed by atoms with Crippen molar-refractivity contribution in [1.29, 1.82) is 0 Å². The van der Waals surface area contributed by atoms with E-state index in [4.69, 9.17) is 0 Å². The molecule has 2 heterocycles. The second-order valence-corrected chi connectivity index (χ2v) is 7.02. The minimum absolute atomic E-state index is 0.172. The van der Waals surface area contributed by atoms with Gasteiger partial charge < -0.3 is 14.9 Å². The Hall–Kier alpha value is -2.96. The predicted octanol–water partition coefficient (Wildman–Crippen LogP) is 4.59. The molecule has 146 valence electrons. The molecule has 1 fully saturated rings. The number of hydrogen-bond donors (Lipinski definition) is 1. The number of pyridine rings is 1. The summed E-state index contributed by atoms with van der Waals surface area (Å²) in [6, 6.07) is 12.6. The van der Waals surface area contributed by atoms with Gasteiger partial charge in [-0.05, 0) is 48.9 Å². The molecule has 0 unspecified atom stereocenters. The molecule has 3 aromatic rings. The van der Waals surface area contributed by atoms with Crippen molar-refractivity contribution in [3.05, 3.63) is 59.7 Å². The number of nitrogens with zero attached hydrogens (tertiary/aromatic N) is 3. The van der Waals surface area contributed by atoms with Crippen molar-refractivity contribution in [3.63, 3.8) is 0 Å². The Morgan fingerprint density at radius 3 is 2.36 bits per heavy atom. The first-order valence-electron chi connectivity index (χ1n) is 9.09. The highest BCUT2D eigenvalue weighted by Crippen LogP contribution is 2.32. The van der Waals surface area contributed by atoms with Crippen molar-refractivity contribution >= 4 is 22.4 Å². The lowest BCUT2D eigenvalue weighted by molar-refractivity contribution is -0.137. The van der Waals surface area contributed by atoms with E-state index in [9.17, 15) is 18.3 Å². The van der Waals surface area contributed by atoms with Gasteiger partial charge in [-0.15, -0.1) is 0 Å². The number of halogens is 3. The first-order valence-corrected chi connectivity index (χ1v) is 9.09. The molecule has 0 spiro atoms. The average Bonchev–Trinajstić information content (AvgIpc) is 2.67. The van der Waals surface area contributed by atoms with E-state index >= 15 is 0 Å². The molecule has 1 aliphatic heterocycles. The van der Waals surface area contributed by atoms with Gasteiger partial charge in [-0.25, -0.2) is 4.98 Å². The lowest BCUT2D eigenvalue weighted by Crippen LogP contribution is -2.46. The fourth-order valence-electron chi connectivity index (χ4n) is 3.61. The molecule has 0 atom stereocenters. The standard InChI is InChI=1S/C21H20F3N3O/c1-14-11-20(25-19-13-17(28)5-6-18(14)19)27-9-7-26(8-10-27)16-4-2-3-15(12-16)21(22,23)24/h2-6,11-13,28H,7-10H2,1H3. The molecule has 0 bridgehead atoms. The van der Waals surface area contributed by atoms with Crippen LogP contribution in [0.2, 0.25) is 0 Å². The van der Waals surface area contributed by atoms with Crippen LogP contribution in [-0.4, -0.2) is 36.3 Å². The van der Waals surface area contributed by atoms with Crippen molar-refractivity contribution in [2.75, 3.05) is 36.0 Å². The monoisotopic (exact) mass is 387 g/mol. The molecule has 4 nitrogen and oxygen atoms in total. The third-order valence-corrected chi connectivity index (χ3v) is 5.13. The van der Waals surface area contributed by atoms with Crippen LogP contribution in [0.4, 0.5) is 24.7 Å². The number of hydrogen-bond acceptors (Lipinski definition) is 4. The van der Waals surface area contributed by atoms with Gasteiger partial charge in [0.2, 0.25) is 0 Å². The zero-order valence-corrected chi connectivity index (χ0v) is 15.4. The maximum Gasteiger partial charge on any atom is 0.416 e. The van der Waals surface area contributed by atoms with E-state index in [0.29, 0.717) is 31.9 Å². The van der Waals surface area contributed by atoms with E-state index in [1.54, 1.807) is 18.2 Å². The van der Waals surface area contributed by atoms with Gasteiger partial charge in [-0.3, -0.25) is 0 Å². The lowest BCUT2D eigenvalue weighted by atomic mass is 10.1. The highest BCUT2D eigenvalue weighted by atomic mass is 19.4. The average molecular weight is 387 g/mol. The number of aromatic hydroxyl groups is 1. The van der Waals surface area contributed by atoms with Crippen molar-refractivity contribution in [2.24, 2.45) is 0 Å². The van der Waals surface area contributed by atoms with E-state index in [2.05, 4.69) is 9.88 Å². The van der Waals surface area contributed by atoms with E-state index in [1.807, 2.05) is 24.0 Å². The Morgan fingerprint density at radius 1 is 0.929 bits per heavy atom. The van der Waals surface area contributed by atoms with Gasteiger partial charge in [0.05, 0.1) is 11.1 Å². The van der Waals surface area contributed by atoms with Gasteiger partial charge in [-0.1, -0.05) is 6.07 Å². The quantitative estimate of drug-likeness (QED) is 0.698. The zero-order valence-electron chi connectivity index (χ0n) is 15.4. The second-order valence-electron chi connectivity index (χ2n) is 7.02. The first-order chi connectivity index (χ1) is 13.3. The topological polar surface area (TPSA) is 39.6 Å². The first kappa shape index (κ1) is 18.4. The van der Waals surface area contributed by atoms with E-state index < -0.39 is 11.7 Å². The molecule has 0 aliphatic carbocycles. The molecule has 1 aromatic heterocycles. The van der Waals surface area contributed by atoms with Crippen LogP contribution in [0.15, 0.2) is 48.5 Å². The predicted molar refractivity (Wildman–Crippen MR) is 104 cm³/mol. The molecular formula is C21H20F3N3O. The van der Waals surface area contributed by atoms with Crippen LogP contribution in [0.1, 0.15) is 11.1 Å². The summed E-state index contributed by atoms with van der Waals surface area (Å²) < 4.78 is 38.9. The van der Waals surface area contributed by atoms with Gasteiger partial charge in [0.1, 0.15) is 11.6 Å². The fourth-order valence-corrected chi connectivity index (χ4v) is 3.61. The van der Waals surface area contributed by atoms with Gasteiger partial charge in [0.25, 0.3) is 0 Å². The molecule has 1 aliphatic rings. The van der Waals surface area contributed by atoms with Gasteiger partial charge in [-0.2, -0.15) is 13.2 Å². The summed E-state index contributed by atoms with van der Waals surface area (Å²) in [7, 11) is 0. The van der Waals surface area contributed by atoms with Crippen LogP contribution in [0.5, 0.6) is 5.75 Å². The largest absolute Gasteiger partial charge is 0.508 e. The smallest absolute Gasteiger partial charge is 0.416 e. The Bertz CT molecular complexity index is 1010. The molecule has 1 N–H and O–H groups in total. The second kappa shape index (κ2) is 6.89. The van der Waals surface area contributed by atoms with Crippen molar-refractivity contribution in [2.45, 2.75) is 13.1 Å². The molecule has 7 heteroatoms. The maximum atomic E-state index is 13.0. The van der Waals surface area contributed by atoms with Crippen LogP contribution in [0.25, 0.3) is 10.9 Å². The Balaban J connectivity index is 1.52. The molecular weight excluding hydrogens is 367 g/mol. The lowest BCUT2D eigenvalue weighted by Gasteiger charge is -2.37. The van der Waals surface area contributed by atoms with Crippen molar-refractivity contribution in [3.8, 4) is 5.75 Å². The van der Waals surface area contributed by atoms with Crippen molar-refractivity contribution < 1.29 is 18.3 Å². The number of aryl methyl sites for hydroxylation is 1. The number of benzene rings is 2. The highest BCUT2D eigenvalue weighted by molar-refractivity contribution is 5.85. The molecule has 2 aromatic carbocycles. The number of rotatable bonds is 2. The number of phenolic OH excluding ortho intramolecular Hbond substituents is 1. The van der Waals surface area contributed by atoms with Crippen LogP contribution in [0.3, 0.4) is 0 Å². The minimum Gasteiger partial charge on any atom is -0.508 e. The number of anilines is 2. The molecule has 28 heavy (non-hydrogen) atoms. The van der Waals surface area contributed by atoms with Crippen molar-refractivity contribution in [1.82, 2.24) is 4.98 Å². The maximum absolute atomic E-state index is 13.0. The fraction of sp³-hybridized carbons (Fsp3) is 0.286. The van der Waals surface area contributed by atoms with Gasteiger partial charge >= 0.3 is 6.18 Å². The molecule has 0 saturated carbocycles. The summed E-state index contributed by atoms with van der Waals surface area (Å²) in [5.41, 5.74) is 1.76. The zero-order chi connectivity index (χ0) is 19.9. The Kier molecular flexibility index (Phi) is 4.53. The number of aromatic nitrogens is 1. The minimum atomic E-state index is -4.34. The van der Waals surface area contributed by atoms with Crippen LogP contribution in [0, 0.1) is 6.92 Å². The number of fused-ring (bicyclic) bond motifs is 1. The summed E-state index contributed by atoms with van der Waals surface area (Å²) in [5.74, 6) is 0.991. The molecule has 0 radical (unpaired) electrons. The normalized spacial score (nSPS) is 15.3. The van der Waals surface area contributed by atoms with Crippen LogP contribution in [-0.2, 0) is 6.18 Å². The van der Waals surface area contributed by atoms with Gasteiger partial charge in [0, 0.05) is 43.3 Å². The summed E-state index contributed by atoms with van der Waals surface area (Å²) in [5, 5.41) is 10.7. The molecule has 4 rings (SSSR count). The summed E-state index contributed by atoms with van der Waals surface area (Å²) >= 11 is 0. The summed E-state index contributed by atoms with van der Waals surface area (Å²) in [4.78, 5) is 8.75. The van der Waals surface area contributed by atoms with E-state index in [1.165, 1.54) is 12.1 Å². The van der Waals surface area contributed by atoms with Crippen LogP contribution < -0.4 is 9.80 Å². The number of piperazine rings is 1. The summed E-state index contributed by atoms with van der Waals surface area (Å²) in [6.45, 7) is 4.55. The van der Waals surface area contributed by atoms with E-state index in [-0.39, 0.29) is 5.75 Å². The van der Waals surface area contributed by atoms with Crippen LogP contribution >= 0.6 is 0 Å². The highest BCUT2D eigenvalue weighted by Gasteiger charge is 2.31. The number of alkyl halides is 3. The SMILES string of the molecule is Cc1cc(N2CCN(c3cccc(C(F)(F)F)c3)CC2)nc2cc(O)ccc12. The Morgan fingerprint density at radius 2 is 1.64 bits per heavy atom. The summed E-state index contributed by atoms with van der Waals surface area (Å²) in [6.07, 6.45) is -4.34. The van der Waals surface area contributed by atoms with E-state index in [0.717, 1.165) is 28.4 Å². The third kappa shape index (κ3) is 3.56. The Labute approximate surface area is 160 Å². The molecule has 1 saturated heterocycles.